The number of aromatic nitrogens is 4. The highest BCUT2D eigenvalue weighted by atomic mass is 32.1. The number of hydrogen-bond donors (Lipinski definition) is 0. The molecular weight excluding hydrogens is 358 g/mol. The second-order valence-electron chi connectivity index (χ2n) is 8.21. The molecule has 0 radical (unpaired) electrons. The van der Waals surface area contributed by atoms with Crippen LogP contribution in [0.5, 0.6) is 0 Å². The van der Waals surface area contributed by atoms with Crippen LogP contribution in [0, 0.1) is 12.8 Å². The zero-order valence-corrected chi connectivity index (χ0v) is 17.0. The Morgan fingerprint density at radius 1 is 1.19 bits per heavy atom. The van der Waals surface area contributed by atoms with Crippen molar-refractivity contribution in [3.8, 4) is 0 Å². The summed E-state index contributed by atoms with van der Waals surface area (Å²) in [5, 5.41) is 5.69. The summed E-state index contributed by atoms with van der Waals surface area (Å²) in [6, 6.07) is 0.256. The molecule has 1 fully saturated rings. The van der Waals surface area contributed by atoms with Gasteiger partial charge in [0, 0.05) is 17.5 Å². The van der Waals surface area contributed by atoms with E-state index in [1.807, 2.05) is 11.8 Å². The van der Waals surface area contributed by atoms with E-state index in [4.69, 9.17) is 9.97 Å². The van der Waals surface area contributed by atoms with Gasteiger partial charge in [-0.25, -0.2) is 9.97 Å². The Morgan fingerprint density at radius 3 is 2.85 bits per heavy atom. The minimum Gasteiger partial charge on any atom is -0.333 e. The number of likely N-dealkylation sites (tertiary alicyclic amines) is 1. The average molecular weight is 384 g/mol. The molecule has 3 aromatic rings. The van der Waals surface area contributed by atoms with Crippen molar-refractivity contribution in [3.05, 3.63) is 22.1 Å². The minimum atomic E-state index is -0.0454. The van der Waals surface area contributed by atoms with Gasteiger partial charge < -0.3 is 4.90 Å². The second kappa shape index (κ2) is 6.26. The van der Waals surface area contributed by atoms with Crippen LogP contribution in [0.25, 0.3) is 15.9 Å². The lowest BCUT2D eigenvalue weighted by Gasteiger charge is -2.32. The van der Waals surface area contributed by atoms with E-state index in [1.165, 1.54) is 23.3 Å². The summed E-state index contributed by atoms with van der Waals surface area (Å²) in [5.74, 6) is 1.73. The van der Waals surface area contributed by atoms with Crippen molar-refractivity contribution in [2.24, 2.45) is 5.92 Å². The van der Waals surface area contributed by atoms with Crippen molar-refractivity contribution in [1.82, 2.24) is 24.5 Å². The molecule has 3 aromatic heterocycles. The van der Waals surface area contributed by atoms with Gasteiger partial charge >= 0.3 is 0 Å². The number of carbonyl (C=O) groups is 1. The summed E-state index contributed by atoms with van der Waals surface area (Å²) in [5.41, 5.74) is 2.18. The molecule has 0 unspecified atom stereocenters. The maximum Gasteiger partial charge on any atom is 0.293 e. The molecule has 6 nitrogen and oxygen atoms in total. The smallest absolute Gasteiger partial charge is 0.293 e. The maximum absolute atomic E-state index is 13.1. The number of nitrogens with zero attached hydrogens (tertiary/aromatic N) is 5. The molecule has 1 amide bonds. The summed E-state index contributed by atoms with van der Waals surface area (Å²) in [4.78, 5) is 27.0. The van der Waals surface area contributed by atoms with Crippen LogP contribution < -0.4 is 0 Å². The number of piperidine rings is 1. The fourth-order valence-electron chi connectivity index (χ4n) is 4.57. The highest BCUT2D eigenvalue weighted by Crippen LogP contribution is 2.39. The van der Waals surface area contributed by atoms with E-state index >= 15 is 0 Å². The van der Waals surface area contributed by atoms with Gasteiger partial charge in [-0.1, -0.05) is 6.92 Å². The third-order valence-corrected chi connectivity index (χ3v) is 7.33. The van der Waals surface area contributed by atoms with Crippen molar-refractivity contribution in [2.75, 3.05) is 6.54 Å². The molecule has 7 heteroatoms. The number of thiophene rings is 1. The second-order valence-corrected chi connectivity index (χ2v) is 9.29. The number of carbonyl (C=O) groups excluding carboxylic acids is 1. The van der Waals surface area contributed by atoms with E-state index in [1.54, 1.807) is 15.9 Å². The van der Waals surface area contributed by atoms with Crippen LogP contribution in [0.3, 0.4) is 0 Å². The molecule has 1 aliphatic carbocycles. The van der Waals surface area contributed by atoms with Crippen molar-refractivity contribution >= 4 is 33.1 Å². The summed E-state index contributed by atoms with van der Waals surface area (Å²) in [6.07, 6.45) is 6.72. The van der Waals surface area contributed by atoms with Crippen LogP contribution in [-0.4, -0.2) is 43.0 Å². The molecule has 5 rings (SSSR count). The first-order valence-corrected chi connectivity index (χ1v) is 10.8. The summed E-state index contributed by atoms with van der Waals surface area (Å²) < 4.78 is 1.77. The van der Waals surface area contributed by atoms with E-state index in [2.05, 4.69) is 18.9 Å². The van der Waals surface area contributed by atoms with E-state index in [0.717, 1.165) is 53.9 Å². The average Bonchev–Trinajstić information content (AvgIpc) is 3.23. The Kier molecular flexibility index (Phi) is 3.96. The van der Waals surface area contributed by atoms with Crippen LogP contribution in [-0.2, 0) is 12.8 Å². The molecule has 0 N–H and O–H groups in total. The molecule has 0 saturated carbocycles. The molecule has 2 aliphatic rings. The van der Waals surface area contributed by atoms with Gasteiger partial charge in [-0.3, -0.25) is 4.79 Å². The predicted molar refractivity (Wildman–Crippen MR) is 106 cm³/mol. The molecule has 0 aromatic carbocycles. The zero-order valence-electron chi connectivity index (χ0n) is 16.2. The minimum absolute atomic E-state index is 0.0454. The highest BCUT2D eigenvalue weighted by Gasteiger charge is 2.29. The lowest BCUT2D eigenvalue weighted by atomic mass is 9.89. The number of aryl methyl sites for hydroxylation is 2. The quantitative estimate of drug-likeness (QED) is 0.641. The van der Waals surface area contributed by atoms with E-state index in [0.29, 0.717) is 11.7 Å². The van der Waals surface area contributed by atoms with Gasteiger partial charge in [0.2, 0.25) is 5.82 Å². The van der Waals surface area contributed by atoms with Crippen LogP contribution in [0.15, 0.2) is 0 Å². The Hall–Kier alpha value is -2.02. The van der Waals surface area contributed by atoms with Crippen LogP contribution in [0.4, 0.5) is 0 Å². The summed E-state index contributed by atoms with van der Waals surface area (Å²) in [7, 11) is 0. The lowest BCUT2D eigenvalue weighted by Crippen LogP contribution is -2.42. The first-order chi connectivity index (χ1) is 13.0. The standard InChI is InChI=1S/C20H25N5OS/c1-11-7-8-15-14(10-11)16-18-22-17(20(26)24-9-5-4-6-12(24)2)23-25(18)13(3)21-19(16)27-15/h11-12H,4-10H2,1-3H3/t11-,12+/m0/s1. The van der Waals surface area contributed by atoms with E-state index in [9.17, 15) is 4.79 Å². The first-order valence-electron chi connectivity index (χ1n) is 10.0. The van der Waals surface area contributed by atoms with Crippen molar-refractivity contribution in [3.63, 3.8) is 0 Å². The number of rotatable bonds is 1. The van der Waals surface area contributed by atoms with E-state index < -0.39 is 0 Å². The molecule has 4 heterocycles. The molecule has 142 valence electrons. The van der Waals surface area contributed by atoms with Gasteiger partial charge in [0.25, 0.3) is 5.91 Å². The summed E-state index contributed by atoms with van der Waals surface area (Å²) >= 11 is 1.79. The Balaban J connectivity index is 1.66. The molecule has 1 saturated heterocycles. The van der Waals surface area contributed by atoms with Gasteiger partial charge in [0.1, 0.15) is 10.7 Å². The molecular formula is C20H25N5OS. The summed E-state index contributed by atoms with van der Waals surface area (Å²) in [6.45, 7) is 7.17. The third-order valence-electron chi connectivity index (χ3n) is 6.14. The largest absolute Gasteiger partial charge is 0.333 e. The zero-order chi connectivity index (χ0) is 18.7. The number of fused-ring (bicyclic) bond motifs is 5. The maximum atomic E-state index is 13.1. The Morgan fingerprint density at radius 2 is 2.04 bits per heavy atom. The van der Waals surface area contributed by atoms with Gasteiger partial charge in [-0.05, 0) is 63.9 Å². The Labute approximate surface area is 162 Å². The van der Waals surface area contributed by atoms with Crippen LogP contribution >= 0.6 is 11.3 Å². The van der Waals surface area contributed by atoms with Crippen LogP contribution in [0.1, 0.15) is 66.4 Å². The normalized spacial score (nSPS) is 23.1. The van der Waals surface area contributed by atoms with Crippen molar-refractivity contribution < 1.29 is 4.79 Å². The number of hydrogen-bond acceptors (Lipinski definition) is 5. The SMILES string of the molecule is Cc1nc2sc3c(c2c2nc(C(=O)N4CCCC[C@H]4C)nn12)C[C@@H](C)CC3. The fraction of sp³-hybridized carbons (Fsp3) is 0.600. The monoisotopic (exact) mass is 383 g/mol. The molecule has 1 aliphatic heterocycles. The van der Waals surface area contributed by atoms with Gasteiger partial charge in [0.05, 0.1) is 5.39 Å². The number of amides is 1. The van der Waals surface area contributed by atoms with Crippen LogP contribution in [0.2, 0.25) is 0 Å². The van der Waals surface area contributed by atoms with Gasteiger partial charge in [0.15, 0.2) is 5.65 Å². The Bertz CT molecular complexity index is 1050. The molecule has 0 bridgehead atoms. The van der Waals surface area contributed by atoms with E-state index in [-0.39, 0.29) is 11.9 Å². The van der Waals surface area contributed by atoms with Crippen molar-refractivity contribution in [2.45, 2.75) is 65.3 Å². The molecule has 2 atom stereocenters. The predicted octanol–water partition coefficient (Wildman–Crippen LogP) is 3.79. The molecule has 0 spiro atoms. The topological polar surface area (TPSA) is 63.4 Å². The highest BCUT2D eigenvalue weighted by molar-refractivity contribution is 7.19. The van der Waals surface area contributed by atoms with Gasteiger partial charge in [-0.15, -0.1) is 16.4 Å². The fourth-order valence-corrected chi connectivity index (χ4v) is 5.82. The third kappa shape index (κ3) is 2.66. The lowest BCUT2D eigenvalue weighted by molar-refractivity contribution is 0.0623. The first kappa shape index (κ1) is 17.1. The van der Waals surface area contributed by atoms with Crippen molar-refractivity contribution in [1.29, 1.82) is 0 Å². The van der Waals surface area contributed by atoms with Gasteiger partial charge in [-0.2, -0.15) is 4.52 Å². The molecule has 27 heavy (non-hydrogen) atoms.